The van der Waals surface area contributed by atoms with Crippen LogP contribution in [0.25, 0.3) is 0 Å². The van der Waals surface area contributed by atoms with Gasteiger partial charge in [0.1, 0.15) is 0 Å². The Morgan fingerprint density at radius 2 is 1.53 bits per heavy atom. The second-order valence-corrected chi connectivity index (χ2v) is 5.91. The minimum absolute atomic E-state index is 0.739. The van der Waals surface area contributed by atoms with Crippen molar-refractivity contribution in [2.24, 2.45) is 17.6 Å². The molecule has 0 saturated heterocycles. The summed E-state index contributed by atoms with van der Waals surface area (Å²) in [5.74, 6) is 2.53. The van der Waals surface area contributed by atoms with E-state index in [1.165, 1.54) is 64.2 Å². The summed E-state index contributed by atoms with van der Waals surface area (Å²) in [5, 5.41) is 3.44. The average Bonchev–Trinajstić information content (AvgIpc) is 2.39. The third-order valence-electron chi connectivity index (χ3n) is 4.38. The smallest absolute Gasteiger partial charge is 0.0921 e. The van der Waals surface area contributed by atoms with Crippen molar-refractivity contribution in [2.75, 3.05) is 6.54 Å². The van der Waals surface area contributed by atoms with Crippen LogP contribution in [0.15, 0.2) is 11.9 Å². The maximum Gasteiger partial charge on any atom is 0.0921 e. The summed E-state index contributed by atoms with van der Waals surface area (Å²) in [6.45, 7) is 1.09. The second kappa shape index (κ2) is 6.93. The quantitative estimate of drug-likeness (QED) is 0.783. The normalized spacial score (nSPS) is 24.8. The van der Waals surface area contributed by atoms with Gasteiger partial charge in [-0.1, -0.05) is 38.5 Å². The summed E-state index contributed by atoms with van der Waals surface area (Å²) in [6, 6.07) is 0. The average molecular weight is 236 g/mol. The second-order valence-electron chi connectivity index (χ2n) is 5.91. The first-order chi connectivity index (χ1) is 8.34. The molecule has 0 heterocycles. The predicted molar refractivity (Wildman–Crippen MR) is 73.4 cm³/mol. The molecule has 3 N–H and O–H groups in total. The molecule has 0 radical (unpaired) electrons. The Morgan fingerprint density at radius 3 is 2.18 bits per heavy atom. The van der Waals surface area contributed by atoms with Gasteiger partial charge in [0.15, 0.2) is 0 Å². The van der Waals surface area contributed by atoms with E-state index in [1.54, 1.807) is 0 Å². The molecule has 0 aromatic heterocycles. The van der Waals surface area contributed by atoms with Crippen molar-refractivity contribution >= 4 is 0 Å². The molecule has 0 unspecified atom stereocenters. The number of allylic oxidation sites excluding steroid dienone is 1. The van der Waals surface area contributed by atoms with Crippen LogP contribution in [-0.2, 0) is 0 Å². The van der Waals surface area contributed by atoms with Crippen LogP contribution in [-0.4, -0.2) is 6.54 Å². The van der Waals surface area contributed by atoms with E-state index in [2.05, 4.69) is 11.4 Å². The van der Waals surface area contributed by atoms with E-state index in [4.69, 9.17) is 5.73 Å². The summed E-state index contributed by atoms with van der Waals surface area (Å²) in [5.41, 5.74) is 6.07. The fourth-order valence-electron chi connectivity index (χ4n) is 3.27. The zero-order valence-corrected chi connectivity index (χ0v) is 11.1. The summed E-state index contributed by atoms with van der Waals surface area (Å²) in [4.78, 5) is 0. The highest BCUT2D eigenvalue weighted by molar-refractivity contribution is 4.99. The van der Waals surface area contributed by atoms with Gasteiger partial charge in [0.05, 0.1) is 5.82 Å². The standard InChI is InChI=1S/C15H28N2/c16-15(11-13-7-3-1-4-8-13)17-12-14-9-5-2-6-10-14/h11,13-14,17H,1-10,12,16H2/b15-11+. The lowest BCUT2D eigenvalue weighted by Crippen LogP contribution is -2.28. The van der Waals surface area contributed by atoms with E-state index in [0.29, 0.717) is 0 Å². The van der Waals surface area contributed by atoms with Crippen molar-refractivity contribution in [3.05, 3.63) is 11.9 Å². The number of hydrogen-bond donors (Lipinski definition) is 2. The zero-order chi connectivity index (χ0) is 11.9. The van der Waals surface area contributed by atoms with Crippen LogP contribution in [0.3, 0.4) is 0 Å². The first-order valence-corrected chi connectivity index (χ1v) is 7.56. The largest absolute Gasteiger partial charge is 0.386 e. The van der Waals surface area contributed by atoms with Crippen molar-refractivity contribution in [2.45, 2.75) is 64.2 Å². The molecule has 2 rings (SSSR count). The summed E-state index contributed by atoms with van der Waals surface area (Å²) < 4.78 is 0. The molecule has 0 bridgehead atoms. The molecule has 98 valence electrons. The minimum atomic E-state index is 0.739. The van der Waals surface area contributed by atoms with Gasteiger partial charge in [-0.05, 0) is 43.6 Å². The molecule has 2 nitrogen and oxygen atoms in total. The molecule has 2 saturated carbocycles. The molecule has 2 aliphatic rings. The van der Waals surface area contributed by atoms with Gasteiger partial charge >= 0.3 is 0 Å². The topological polar surface area (TPSA) is 38.0 Å². The number of rotatable bonds is 4. The van der Waals surface area contributed by atoms with Crippen LogP contribution in [0.5, 0.6) is 0 Å². The Balaban J connectivity index is 1.67. The van der Waals surface area contributed by atoms with E-state index in [-0.39, 0.29) is 0 Å². The third kappa shape index (κ3) is 4.61. The highest BCUT2D eigenvalue weighted by Gasteiger charge is 2.14. The molecule has 0 spiro atoms. The highest BCUT2D eigenvalue weighted by Crippen LogP contribution is 2.25. The summed E-state index contributed by atoms with van der Waals surface area (Å²) >= 11 is 0. The molecule has 0 aromatic carbocycles. The maximum absolute atomic E-state index is 6.07. The lowest BCUT2D eigenvalue weighted by molar-refractivity contribution is 0.349. The number of nitrogens with two attached hydrogens (primary N) is 1. The lowest BCUT2D eigenvalue weighted by Gasteiger charge is -2.23. The van der Waals surface area contributed by atoms with Gasteiger partial charge in [-0.2, -0.15) is 0 Å². The van der Waals surface area contributed by atoms with Crippen LogP contribution < -0.4 is 11.1 Å². The summed E-state index contributed by atoms with van der Waals surface area (Å²) in [6.07, 6.45) is 16.2. The van der Waals surface area contributed by atoms with Crippen LogP contribution >= 0.6 is 0 Å². The fraction of sp³-hybridized carbons (Fsp3) is 0.867. The van der Waals surface area contributed by atoms with Crippen molar-refractivity contribution in [3.8, 4) is 0 Å². The monoisotopic (exact) mass is 236 g/mol. The maximum atomic E-state index is 6.07. The van der Waals surface area contributed by atoms with E-state index in [1.807, 2.05) is 0 Å². The molecular formula is C15H28N2. The SMILES string of the molecule is N/C(=C\C1CCCCC1)NCC1CCCCC1. The van der Waals surface area contributed by atoms with Gasteiger partial charge < -0.3 is 11.1 Å². The molecule has 2 fully saturated rings. The zero-order valence-electron chi connectivity index (χ0n) is 11.1. The van der Waals surface area contributed by atoms with E-state index in [9.17, 15) is 0 Å². The first kappa shape index (κ1) is 12.8. The van der Waals surface area contributed by atoms with E-state index in [0.717, 1.165) is 24.2 Å². The van der Waals surface area contributed by atoms with E-state index >= 15 is 0 Å². The third-order valence-corrected chi connectivity index (χ3v) is 4.38. The molecule has 17 heavy (non-hydrogen) atoms. The Bertz CT molecular complexity index is 235. The minimum Gasteiger partial charge on any atom is -0.386 e. The van der Waals surface area contributed by atoms with Crippen LogP contribution in [0.4, 0.5) is 0 Å². The van der Waals surface area contributed by atoms with Gasteiger partial charge in [-0.25, -0.2) is 0 Å². The molecule has 2 heteroatoms. The number of hydrogen-bond acceptors (Lipinski definition) is 2. The van der Waals surface area contributed by atoms with Crippen LogP contribution in [0, 0.1) is 11.8 Å². The number of nitrogens with one attached hydrogen (secondary N) is 1. The van der Waals surface area contributed by atoms with Gasteiger partial charge in [0.25, 0.3) is 0 Å². The molecule has 2 aliphatic carbocycles. The van der Waals surface area contributed by atoms with Gasteiger partial charge in [0, 0.05) is 6.54 Å². The molecule has 0 aromatic rings. The fourth-order valence-corrected chi connectivity index (χ4v) is 3.27. The van der Waals surface area contributed by atoms with Crippen molar-refractivity contribution < 1.29 is 0 Å². The van der Waals surface area contributed by atoms with Crippen molar-refractivity contribution in [1.29, 1.82) is 0 Å². The van der Waals surface area contributed by atoms with Crippen LogP contribution in [0.1, 0.15) is 64.2 Å². The lowest BCUT2D eigenvalue weighted by atomic mass is 9.88. The van der Waals surface area contributed by atoms with Gasteiger partial charge in [-0.15, -0.1) is 0 Å². The molecule has 0 atom stereocenters. The Morgan fingerprint density at radius 1 is 0.941 bits per heavy atom. The first-order valence-electron chi connectivity index (χ1n) is 7.56. The van der Waals surface area contributed by atoms with Gasteiger partial charge in [0.2, 0.25) is 0 Å². The molecule has 0 amide bonds. The molecule has 0 aliphatic heterocycles. The Labute approximate surface area is 106 Å². The van der Waals surface area contributed by atoms with Crippen molar-refractivity contribution in [3.63, 3.8) is 0 Å². The Kier molecular flexibility index (Phi) is 5.21. The van der Waals surface area contributed by atoms with Crippen LogP contribution in [0.2, 0.25) is 0 Å². The summed E-state index contributed by atoms with van der Waals surface area (Å²) in [7, 11) is 0. The predicted octanol–water partition coefficient (Wildman–Crippen LogP) is 3.54. The molecular weight excluding hydrogens is 208 g/mol. The van der Waals surface area contributed by atoms with Crippen molar-refractivity contribution in [1.82, 2.24) is 5.32 Å². The van der Waals surface area contributed by atoms with E-state index < -0.39 is 0 Å². The Hall–Kier alpha value is -0.660. The highest BCUT2D eigenvalue weighted by atomic mass is 15.0. The van der Waals surface area contributed by atoms with Gasteiger partial charge in [-0.3, -0.25) is 0 Å².